The lowest BCUT2D eigenvalue weighted by Crippen LogP contribution is -2.49. The van der Waals surface area contributed by atoms with Crippen LogP contribution in [0.2, 0.25) is 0 Å². The molecule has 3 aromatic rings. The molecule has 9 nitrogen and oxygen atoms in total. The van der Waals surface area contributed by atoms with E-state index >= 15 is 0 Å². The van der Waals surface area contributed by atoms with Gasteiger partial charge in [0.1, 0.15) is 17.1 Å². The van der Waals surface area contributed by atoms with Crippen LogP contribution in [-0.2, 0) is 0 Å². The first-order valence-electron chi connectivity index (χ1n) is 12.5. The van der Waals surface area contributed by atoms with Gasteiger partial charge in [0.2, 0.25) is 0 Å². The highest BCUT2D eigenvalue weighted by Crippen LogP contribution is 2.45. The maximum Gasteiger partial charge on any atom is 0.410 e. The summed E-state index contributed by atoms with van der Waals surface area (Å²) >= 11 is 0. The number of ether oxygens (including phenoxy) is 3. The molecule has 2 aliphatic heterocycles. The molecule has 1 fully saturated rings. The lowest BCUT2D eigenvalue weighted by Gasteiger charge is -2.37. The fourth-order valence-corrected chi connectivity index (χ4v) is 5.22. The van der Waals surface area contributed by atoms with Crippen molar-refractivity contribution in [2.24, 2.45) is 0 Å². The molecule has 1 amide bonds. The van der Waals surface area contributed by atoms with E-state index in [2.05, 4.69) is 15.3 Å². The smallest absolute Gasteiger partial charge is 0.410 e. The number of para-hydroxylation sites is 2. The summed E-state index contributed by atoms with van der Waals surface area (Å²) in [5, 5.41) is 7.16. The van der Waals surface area contributed by atoms with Crippen LogP contribution in [0.4, 0.5) is 24.7 Å². The zero-order chi connectivity index (χ0) is 27.7. The lowest BCUT2D eigenvalue weighted by molar-refractivity contribution is -0.173. The van der Waals surface area contributed by atoms with E-state index in [4.69, 9.17) is 14.2 Å². The molecule has 208 valence electrons. The number of aromatic nitrogens is 2. The minimum absolute atomic E-state index is 0.0560. The van der Waals surface area contributed by atoms with Gasteiger partial charge in [-0.05, 0) is 29.8 Å². The average Bonchev–Trinajstić information content (AvgIpc) is 3.39. The molecule has 12 heteroatoms. The maximum atomic E-state index is 14.2. The van der Waals surface area contributed by atoms with Gasteiger partial charge in [0.15, 0.2) is 17.5 Å². The molecule has 5 rings (SSSR count). The predicted molar refractivity (Wildman–Crippen MR) is 139 cm³/mol. The molecule has 0 bridgehead atoms. The van der Waals surface area contributed by atoms with E-state index in [9.17, 15) is 18.0 Å². The number of benzene rings is 2. The van der Waals surface area contributed by atoms with E-state index in [1.165, 1.54) is 20.4 Å². The number of anilines is 2. The normalized spacial score (nSPS) is 19.2. The van der Waals surface area contributed by atoms with E-state index in [1.54, 1.807) is 30.2 Å². The Morgan fingerprint density at radius 3 is 2.31 bits per heavy atom. The fourth-order valence-electron chi connectivity index (χ4n) is 5.22. The molecular formula is C27H30F3N5O4. The van der Waals surface area contributed by atoms with Gasteiger partial charge in [-0.3, -0.25) is 4.79 Å². The summed E-state index contributed by atoms with van der Waals surface area (Å²) in [6, 6.07) is 10.0. The third-order valence-corrected chi connectivity index (χ3v) is 7.27. The van der Waals surface area contributed by atoms with Crippen LogP contribution in [0.15, 0.2) is 48.7 Å². The second-order valence-electron chi connectivity index (χ2n) is 9.41. The minimum Gasteiger partial charge on any atom is -0.495 e. The first kappa shape index (κ1) is 26.5. The number of carbonyl (C=O) groups is 1. The van der Waals surface area contributed by atoms with Crippen LogP contribution in [0.5, 0.6) is 17.2 Å². The van der Waals surface area contributed by atoms with E-state index < -0.39 is 18.3 Å². The second kappa shape index (κ2) is 10.6. The first-order valence-corrected chi connectivity index (χ1v) is 12.5. The van der Waals surface area contributed by atoms with Crippen LogP contribution in [0, 0.1) is 0 Å². The molecule has 2 atom stereocenters. The van der Waals surface area contributed by atoms with Gasteiger partial charge >= 0.3 is 6.18 Å². The highest BCUT2D eigenvalue weighted by Gasteiger charge is 2.47. The Morgan fingerprint density at radius 1 is 0.949 bits per heavy atom. The van der Waals surface area contributed by atoms with Gasteiger partial charge in [0.05, 0.1) is 39.3 Å². The zero-order valence-corrected chi connectivity index (χ0v) is 21.9. The van der Waals surface area contributed by atoms with Crippen LogP contribution in [0.3, 0.4) is 0 Å². The van der Waals surface area contributed by atoms with Crippen molar-refractivity contribution in [3.63, 3.8) is 0 Å². The van der Waals surface area contributed by atoms with Crippen LogP contribution in [0.25, 0.3) is 0 Å². The summed E-state index contributed by atoms with van der Waals surface area (Å²) in [7, 11) is 4.56. The number of nitrogens with zero attached hydrogens (tertiary/aromatic N) is 4. The van der Waals surface area contributed by atoms with Crippen molar-refractivity contribution in [1.82, 2.24) is 14.7 Å². The first-order chi connectivity index (χ1) is 18.7. The van der Waals surface area contributed by atoms with E-state index in [-0.39, 0.29) is 23.7 Å². The van der Waals surface area contributed by atoms with Gasteiger partial charge in [0, 0.05) is 32.6 Å². The Kier molecular flexibility index (Phi) is 7.19. The Balaban J connectivity index is 1.39. The largest absolute Gasteiger partial charge is 0.495 e. The maximum absolute atomic E-state index is 14.2. The summed E-state index contributed by atoms with van der Waals surface area (Å²) in [6.07, 6.45) is -3.62. The number of halogens is 3. The number of carbonyl (C=O) groups excluding carboxylic acids is 1. The summed E-state index contributed by atoms with van der Waals surface area (Å²) < 4.78 is 59.4. The quantitative estimate of drug-likeness (QED) is 0.488. The monoisotopic (exact) mass is 545 g/mol. The van der Waals surface area contributed by atoms with Gasteiger partial charge in [-0.15, -0.1) is 0 Å². The van der Waals surface area contributed by atoms with Gasteiger partial charge in [-0.2, -0.15) is 18.3 Å². The molecule has 0 spiro atoms. The number of fused-ring (bicyclic) bond motifs is 1. The number of rotatable bonds is 6. The molecule has 0 radical (unpaired) electrons. The van der Waals surface area contributed by atoms with Crippen molar-refractivity contribution in [3.05, 3.63) is 59.8 Å². The van der Waals surface area contributed by atoms with Gasteiger partial charge in [-0.1, -0.05) is 18.2 Å². The average molecular weight is 546 g/mol. The van der Waals surface area contributed by atoms with E-state index in [0.29, 0.717) is 43.2 Å². The molecule has 1 saturated heterocycles. The van der Waals surface area contributed by atoms with Crippen LogP contribution in [-0.4, -0.2) is 74.3 Å². The Hall–Kier alpha value is -4.09. The molecule has 2 aromatic carbocycles. The third-order valence-electron chi connectivity index (χ3n) is 7.27. The SMILES string of the molecule is COc1ccc([C@@H]2C[C@H](C(F)(F)F)n3ncc(C(=O)N4CCN(c5ccccc5OC)CC4)c3N2)cc1OC. The summed E-state index contributed by atoms with van der Waals surface area (Å²) in [5.74, 6) is 1.31. The van der Waals surface area contributed by atoms with Crippen molar-refractivity contribution in [3.8, 4) is 17.2 Å². The molecule has 0 unspecified atom stereocenters. The Bertz CT molecular complexity index is 1340. The standard InChI is InChI=1S/C27H30F3N5O4/c1-37-21-7-5-4-6-20(21)33-10-12-34(13-11-33)26(36)18-16-31-35-24(27(28,29)30)15-19(32-25(18)35)17-8-9-22(38-2)23(14-17)39-3/h4-9,14,16,19,24,32H,10-13,15H2,1-3H3/t19-,24+/m0/s1. The summed E-state index contributed by atoms with van der Waals surface area (Å²) in [5.41, 5.74) is 1.63. The number of methoxy groups -OCH3 is 3. The Morgan fingerprint density at radius 2 is 1.64 bits per heavy atom. The van der Waals surface area contributed by atoms with Crippen molar-refractivity contribution >= 4 is 17.4 Å². The molecule has 0 saturated carbocycles. The van der Waals surface area contributed by atoms with Crippen molar-refractivity contribution in [1.29, 1.82) is 0 Å². The molecule has 3 heterocycles. The number of alkyl halides is 3. The number of hydrogen-bond donors (Lipinski definition) is 1. The zero-order valence-electron chi connectivity index (χ0n) is 21.9. The molecule has 2 aliphatic rings. The summed E-state index contributed by atoms with van der Waals surface area (Å²) in [4.78, 5) is 17.3. The molecular weight excluding hydrogens is 515 g/mol. The van der Waals surface area contributed by atoms with Crippen LogP contribution in [0.1, 0.15) is 34.4 Å². The van der Waals surface area contributed by atoms with Crippen molar-refractivity contribution in [2.75, 3.05) is 57.7 Å². The van der Waals surface area contributed by atoms with Crippen molar-refractivity contribution in [2.45, 2.75) is 24.7 Å². The number of piperazine rings is 1. The van der Waals surface area contributed by atoms with Gasteiger partial charge in [-0.25, -0.2) is 4.68 Å². The molecule has 1 N–H and O–H groups in total. The van der Waals surface area contributed by atoms with Crippen LogP contribution >= 0.6 is 0 Å². The lowest BCUT2D eigenvalue weighted by atomic mass is 9.96. The number of hydrogen-bond acceptors (Lipinski definition) is 7. The fraction of sp³-hybridized carbons (Fsp3) is 0.407. The second-order valence-corrected chi connectivity index (χ2v) is 9.41. The topological polar surface area (TPSA) is 81.1 Å². The molecule has 1 aromatic heterocycles. The van der Waals surface area contributed by atoms with Gasteiger partial charge < -0.3 is 29.3 Å². The van der Waals surface area contributed by atoms with Crippen molar-refractivity contribution < 1.29 is 32.2 Å². The van der Waals surface area contributed by atoms with E-state index in [0.717, 1.165) is 16.1 Å². The highest BCUT2D eigenvalue weighted by molar-refractivity contribution is 5.99. The van der Waals surface area contributed by atoms with Gasteiger partial charge in [0.25, 0.3) is 5.91 Å². The number of nitrogens with one attached hydrogen (secondary N) is 1. The molecule has 39 heavy (non-hydrogen) atoms. The predicted octanol–water partition coefficient (Wildman–Crippen LogP) is 4.53. The number of amides is 1. The van der Waals surface area contributed by atoms with E-state index in [1.807, 2.05) is 24.3 Å². The summed E-state index contributed by atoms with van der Waals surface area (Å²) in [6.45, 7) is 1.93. The molecule has 0 aliphatic carbocycles. The third kappa shape index (κ3) is 5.02. The highest BCUT2D eigenvalue weighted by atomic mass is 19.4. The minimum atomic E-state index is -4.56. The van der Waals surface area contributed by atoms with Crippen LogP contribution < -0.4 is 24.4 Å². The Labute approximate surface area is 224 Å².